The van der Waals surface area contributed by atoms with E-state index in [0.717, 1.165) is 31.4 Å². The van der Waals surface area contributed by atoms with Crippen molar-refractivity contribution in [1.82, 2.24) is 10.2 Å². The van der Waals surface area contributed by atoms with Gasteiger partial charge >= 0.3 is 0 Å². The minimum Gasteiger partial charge on any atom is -0.393 e. The molecule has 6 heteroatoms. The number of Topliss-reactive ketones (excluding diaryl/α,β-unsaturated/α-hetero) is 1. The predicted octanol–water partition coefficient (Wildman–Crippen LogP) is 2.10. The van der Waals surface area contributed by atoms with Crippen LogP contribution < -0.4 is 0 Å². The smallest absolute Gasteiger partial charge is 0.190 e. The number of fused-ring (bicyclic) bond motifs is 6. The Morgan fingerprint density at radius 1 is 1.38 bits per heavy atom. The molecule has 158 valence electrons. The Balaban J connectivity index is 1.57. The lowest BCUT2D eigenvalue weighted by Gasteiger charge is -2.60. The molecule has 4 aliphatic carbocycles. The number of nitrogens with one attached hydrogen (secondary N) is 1. The molecule has 0 aliphatic heterocycles. The summed E-state index contributed by atoms with van der Waals surface area (Å²) in [5, 5.41) is 39.9. The van der Waals surface area contributed by atoms with Crippen LogP contribution in [0.5, 0.6) is 0 Å². The van der Waals surface area contributed by atoms with Crippen LogP contribution in [-0.2, 0) is 11.2 Å². The monoisotopic (exact) mass is 400 g/mol. The van der Waals surface area contributed by atoms with Gasteiger partial charge in [-0.05, 0) is 72.8 Å². The zero-order valence-electron chi connectivity index (χ0n) is 17.5. The van der Waals surface area contributed by atoms with Gasteiger partial charge in [-0.3, -0.25) is 9.89 Å². The summed E-state index contributed by atoms with van der Waals surface area (Å²) in [6.45, 7) is 5.52. The van der Waals surface area contributed by atoms with Crippen LogP contribution in [0.25, 0.3) is 6.08 Å². The van der Waals surface area contributed by atoms with Crippen molar-refractivity contribution >= 4 is 11.9 Å². The molecule has 0 saturated heterocycles. The number of aromatic nitrogens is 2. The SMILES string of the molecule is C[C@@H]1CC2C3CCC4=Cc5[nH]ncc5C[C@]4(C)C3[C@@H](O)C[C@]2(C)[C@@]1(O)C(=O)CO. The van der Waals surface area contributed by atoms with E-state index in [1.165, 1.54) is 11.1 Å². The predicted molar refractivity (Wildman–Crippen MR) is 108 cm³/mol. The number of hydrogen-bond acceptors (Lipinski definition) is 5. The third kappa shape index (κ3) is 2.23. The Hall–Kier alpha value is -1.50. The van der Waals surface area contributed by atoms with Crippen LogP contribution in [0.3, 0.4) is 0 Å². The standard InChI is InChI=1S/C23H32N2O4/c1-12-6-16-15-5-4-14-7-17-13(10-24-25-17)8-21(14,2)20(15)18(27)9-22(16,3)23(12,29)19(28)11-26/h7,10,12,15-16,18,20,26-27,29H,4-6,8-9,11H2,1-3H3,(H,24,25)/t12-,15?,16?,18+,20?,21+,22+,23+/m1/s1. The minimum absolute atomic E-state index is 0.0994. The van der Waals surface area contributed by atoms with Crippen molar-refractivity contribution in [3.63, 3.8) is 0 Å². The molecule has 1 aromatic heterocycles. The third-order valence-corrected chi connectivity index (χ3v) is 9.45. The van der Waals surface area contributed by atoms with Crippen LogP contribution in [0.1, 0.15) is 57.7 Å². The average Bonchev–Trinajstić information content (AvgIpc) is 3.20. The summed E-state index contributed by atoms with van der Waals surface area (Å²) >= 11 is 0. The zero-order chi connectivity index (χ0) is 20.8. The maximum Gasteiger partial charge on any atom is 0.190 e. The Kier molecular flexibility index (Phi) is 4.04. The molecule has 4 N–H and O–H groups in total. The molecule has 5 rings (SSSR count). The van der Waals surface area contributed by atoms with E-state index in [4.69, 9.17) is 0 Å². The number of hydrogen-bond donors (Lipinski definition) is 4. The van der Waals surface area contributed by atoms with Crippen LogP contribution in [-0.4, -0.2) is 49.6 Å². The van der Waals surface area contributed by atoms with E-state index in [-0.39, 0.29) is 29.1 Å². The van der Waals surface area contributed by atoms with Crippen LogP contribution in [0.4, 0.5) is 0 Å². The van der Waals surface area contributed by atoms with E-state index < -0.39 is 29.5 Å². The molecular formula is C23H32N2O4. The first kappa shape index (κ1) is 19.5. The summed E-state index contributed by atoms with van der Waals surface area (Å²) < 4.78 is 0. The Bertz CT molecular complexity index is 893. The van der Waals surface area contributed by atoms with E-state index in [1.807, 2.05) is 20.0 Å². The number of rotatable bonds is 2. The fourth-order valence-corrected chi connectivity index (χ4v) is 8.15. The summed E-state index contributed by atoms with van der Waals surface area (Å²) in [6.07, 6.45) is 7.48. The van der Waals surface area contributed by atoms with Gasteiger partial charge in [-0.25, -0.2) is 0 Å². The lowest BCUT2D eigenvalue weighted by Crippen LogP contribution is -2.63. The number of carbonyl (C=O) groups excluding carboxylic acids is 1. The highest BCUT2D eigenvalue weighted by atomic mass is 16.3. The fraction of sp³-hybridized carbons (Fsp3) is 0.739. The highest BCUT2D eigenvalue weighted by molar-refractivity contribution is 5.90. The van der Waals surface area contributed by atoms with Gasteiger partial charge < -0.3 is 15.3 Å². The van der Waals surface area contributed by atoms with Gasteiger partial charge in [-0.1, -0.05) is 26.3 Å². The second kappa shape index (κ2) is 6.02. The molecule has 3 saturated carbocycles. The minimum atomic E-state index is -1.57. The Morgan fingerprint density at radius 2 is 2.14 bits per heavy atom. The van der Waals surface area contributed by atoms with Crippen molar-refractivity contribution in [2.75, 3.05) is 6.61 Å². The summed E-state index contributed by atoms with van der Waals surface area (Å²) in [5.41, 5.74) is 1.25. The fourth-order valence-electron chi connectivity index (χ4n) is 8.15. The second-order valence-corrected chi connectivity index (χ2v) is 10.6. The number of H-pyrrole nitrogens is 1. The number of nitrogens with zero attached hydrogens (tertiary/aromatic N) is 1. The largest absolute Gasteiger partial charge is 0.393 e. The van der Waals surface area contributed by atoms with Crippen molar-refractivity contribution in [2.24, 2.45) is 34.5 Å². The maximum atomic E-state index is 12.7. The van der Waals surface area contributed by atoms with Gasteiger partial charge in [-0.15, -0.1) is 0 Å². The van der Waals surface area contributed by atoms with Crippen molar-refractivity contribution in [2.45, 2.75) is 64.6 Å². The normalized spacial score (nSPS) is 48.2. The molecule has 0 aromatic carbocycles. The molecule has 29 heavy (non-hydrogen) atoms. The molecule has 0 amide bonds. The number of aromatic amines is 1. The quantitative estimate of drug-likeness (QED) is 0.608. The molecule has 6 nitrogen and oxygen atoms in total. The summed E-state index contributed by atoms with van der Waals surface area (Å²) in [6, 6.07) is 0. The van der Waals surface area contributed by atoms with E-state index >= 15 is 0 Å². The maximum absolute atomic E-state index is 12.7. The van der Waals surface area contributed by atoms with Crippen molar-refractivity contribution < 1.29 is 20.1 Å². The van der Waals surface area contributed by atoms with Gasteiger partial charge in [0.1, 0.15) is 12.2 Å². The molecule has 0 bridgehead atoms. The number of aliphatic hydroxyl groups excluding tert-OH is 2. The van der Waals surface area contributed by atoms with Gasteiger partial charge in [0, 0.05) is 5.41 Å². The topological polar surface area (TPSA) is 106 Å². The summed E-state index contributed by atoms with van der Waals surface area (Å²) in [7, 11) is 0. The number of aliphatic hydroxyl groups is 3. The van der Waals surface area contributed by atoms with Gasteiger partial charge in [0.15, 0.2) is 5.78 Å². The van der Waals surface area contributed by atoms with Crippen LogP contribution in [0.2, 0.25) is 0 Å². The van der Waals surface area contributed by atoms with Crippen molar-refractivity contribution in [1.29, 1.82) is 0 Å². The highest BCUT2D eigenvalue weighted by Crippen LogP contribution is 2.68. The van der Waals surface area contributed by atoms with E-state index in [1.54, 1.807) is 0 Å². The van der Waals surface area contributed by atoms with Crippen LogP contribution in [0, 0.1) is 34.5 Å². The molecule has 4 aliphatic rings. The van der Waals surface area contributed by atoms with Crippen LogP contribution >= 0.6 is 0 Å². The molecule has 3 fully saturated rings. The lowest BCUT2D eigenvalue weighted by atomic mass is 9.45. The van der Waals surface area contributed by atoms with Gasteiger partial charge in [0.05, 0.1) is 18.0 Å². The first-order chi connectivity index (χ1) is 13.7. The van der Waals surface area contributed by atoms with Crippen molar-refractivity contribution in [3.05, 3.63) is 23.0 Å². The molecule has 0 radical (unpaired) electrons. The lowest BCUT2D eigenvalue weighted by molar-refractivity contribution is -0.186. The molecule has 8 atom stereocenters. The first-order valence-electron chi connectivity index (χ1n) is 10.9. The number of allylic oxidation sites excluding steroid dienone is 1. The van der Waals surface area contributed by atoms with E-state index in [2.05, 4.69) is 23.2 Å². The second-order valence-electron chi connectivity index (χ2n) is 10.6. The number of ketones is 1. The first-order valence-corrected chi connectivity index (χ1v) is 10.9. The van der Waals surface area contributed by atoms with E-state index in [9.17, 15) is 20.1 Å². The van der Waals surface area contributed by atoms with Gasteiger partial charge in [0.25, 0.3) is 0 Å². The molecule has 1 heterocycles. The van der Waals surface area contributed by atoms with Crippen LogP contribution in [0.15, 0.2) is 11.8 Å². The van der Waals surface area contributed by atoms with Gasteiger partial charge in [-0.2, -0.15) is 5.10 Å². The molecule has 0 spiro atoms. The molecule has 3 unspecified atom stereocenters. The van der Waals surface area contributed by atoms with Crippen molar-refractivity contribution in [3.8, 4) is 0 Å². The summed E-state index contributed by atoms with van der Waals surface area (Å²) in [5.74, 6) is -0.205. The molecular weight excluding hydrogens is 368 g/mol. The Morgan fingerprint density at radius 3 is 2.86 bits per heavy atom. The molecule has 1 aromatic rings. The number of carbonyl (C=O) groups is 1. The zero-order valence-corrected chi connectivity index (χ0v) is 17.5. The highest BCUT2D eigenvalue weighted by Gasteiger charge is 2.70. The van der Waals surface area contributed by atoms with E-state index in [0.29, 0.717) is 6.42 Å². The third-order valence-electron chi connectivity index (χ3n) is 9.45. The average molecular weight is 401 g/mol. The summed E-state index contributed by atoms with van der Waals surface area (Å²) in [4.78, 5) is 12.7. The Labute approximate surface area is 171 Å². The van der Waals surface area contributed by atoms with Gasteiger partial charge in [0.2, 0.25) is 0 Å².